The van der Waals surface area contributed by atoms with E-state index in [1.165, 1.54) is 5.56 Å². The smallest absolute Gasteiger partial charge is 0.119 e. The summed E-state index contributed by atoms with van der Waals surface area (Å²) in [5.41, 5.74) is 2.28. The SMILES string of the molecule is CCOc1ccc(-c2[c]cccc2)cc1. The summed E-state index contributed by atoms with van der Waals surface area (Å²) in [4.78, 5) is 0. The van der Waals surface area contributed by atoms with Crippen LogP contribution < -0.4 is 4.74 Å². The average Bonchev–Trinajstić information content (AvgIpc) is 2.32. The van der Waals surface area contributed by atoms with E-state index < -0.39 is 0 Å². The molecule has 0 unspecified atom stereocenters. The molecule has 2 rings (SSSR count). The molecule has 0 aromatic heterocycles. The summed E-state index contributed by atoms with van der Waals surface area (Å²) >= 11 is 0. The largest absolute Gasteiger partial charge is 0.494 e. The van der Waals surface area contributed by atoms with E-state index in [1.54, 1.807) is 0 Å². The molecule has 2 aromatic carbocycles. The first-order chi connectivity index (χ1) is 7.40. The lowest BCUT2D eigenvalue weighted by molar-refractivity contribution is 0.340. The first-order valence-electron chi connectivity index (χ1n) is 5.10. The van der Waals surface area contributed by atoms with Gasteiger partial charge in [-0.3, -0.25) is 0 Å². The van der Waals surface area contributed by atoms with Gasteiger partial charge >= 0.3 is 0 Å². The molecule has 1 nitrogen and oxygen atoms in total. The minimum absolute atomic E-state index is 0.705. The standard InChI is InChI=1S/C14H13O/c1-2-15-14-10-8-13(9-11-14)12-6-4-3-5-7-12/h3-6,8-11H,2H2,1H3. The molecule has 2 aromatic rings. The Hall–Kier alpha value is -1.76. The molecule has 0 aliphatic rings. The third-order valence-corrected chi connectivity index (χ3v) is 2.19. The van der Waals surface area contributed by atoms with Crippen molar-refractivity contribution in [2.45, 2.75) is 6.92 Å². The summed E-state index contributed by atoms with van der Waals surface area (Å²) < 4.78 is 5.39. The van der Waals surface area contributed by atoms with Gasteiger partial charge in [0.05, 0.1) is 6.61 Å². The lowest BCUT2D eigenvalue weighted by atomic mass is 10.1. The Morgan fingerprint density at radius 1 is 1.07 bits per heavy atom. The van der Waals surface area contributed by atoms with Crippen molar-refractivity contribution in [1.29, 1.82) is 0 Å². The van der Waals surface area contributed by atoms with Gasteiger partial charge in [0.25, 0.3) is 0 Å². The number of rotatable bonds is 3. The van der Waals surface area contributed by atoms with E-state index in [4.69, 9.17) is 4.74 Å². The van der Waals surface area contributed by atoms with Crippen LogP contribution >= 0.6 is 0 Å². The molecule has 0 aliphatic carbocycles. The van der Waals surface area contributed by atoms with Crippen LogP contribution in [0.15, 0.2) is 48.5 Å². The maximum absolute atomic E-state index is 5.39. The van der Waals surface area contributed by atoms with Crippen LogP contribution in [-0.4, -0.2) is 6.61 Å². The van der Waals surface area contributed by atoms with Gasteiger partial charge in [-0.15, -0.1) is 0 Å². The highest BCUT2D eigenvalue weighted by molar-refractivity contribution is 5.63. The van der Waals surface area contributed by atoms with Crippen molar-refractivity contribution in [2.24, 2.45) is 0 Å². The minimum atomic E-state index is 0.705. The second kappa shape index (κ2) is 4.65. The summed E-state index contributed by atoms with van der Waals surface area (Å²) in [6.45, 7) is 2.69. The summed E-state index contributed by atoms with van der Waals surface area (Å²) in [6, 6.07) is 19.2. The first-order valence-corrected chi connectivity index (χ1v) is 5.10. The molecule has 0 bridgehead atoms. The number of benzene rings is 2. The maximum atomic E-state index is 5.39. The van der Waals surface area contributed by atoms with Crippen molar-refractivity contribution in [2.75, 3.05) is 6.61 Å². The summed E-state index contributed by atoms with van der Waals surface area (Å²) in [6.07, 6.45) is 0. The van der Waals surface area contributed by atoms with Crippen LogP contribution in [0.2, 0.25) is 0 Å². The molecular formula is C14H13O. The molecule has 0 amide bonds. The van der Waals surface area contributed by atoms with Crippen LogP contribution in [0, 0.1) is 6.07 Å². The second-order valence-electron chi connectivity index (χ2n) is 3.23. The van der Waals surface area contributed by atoms with E-state index in [0.29, 0.717) is 6.61 Å². The van der Waals surface area contributed by atoms with Crippen molar-refractivity contribution in [1.82, 2.24) is 0 Å². The molecule has 0 fully saturated rings. The normalized spacial score (nSPS) is 9.93. The minimum Gasteiger partial charge on any atom is -0.494 e. The molecule has 15 heavy (non-hydrogen) atoms. The Labute approximate surface area is 90.3 Å². The van der Waals surface area contributed by atoms with Crippen molar-refractivity contribution in [3.05, 3.63) is 54.6 Å². The van der Waals surface area contributed by atoms with E-state index >= 15 is 0 Å². The molecule has 0 aliphatic heterocycles. The first kappa shape index (κ1) is 9.78. The highest BCUT2D eigenvalue weighted by Crippen LogP contribution is 2.21. The predicted octanol–water partition coefficient (Wildman–Crippen LogP) is 3.55. The van der Waals surface area contributed by atoms with Crippen molar-refractivity contribution < 1.29 is 4.74 Å². The van der Waals surface area contributed by atoms with E-state index in [1.807, 2.05) is 37.3 Å². The fraction of sp³-hybridized carbons (Fsp3) is 0.143. The average molecular weight is 197 g/mol. The van der Waals surface area contributed by atoms with Gasteiger partial charge in [-0.05, 0) is 36.2 Å². The van der Waals surface area contributed by atoms with Crippen LogP contribution in [0.25, 0.3) is 11.1 Å². The van der Waals surface area contributed by atoms with Gasteiger partial charge in [0.15, 0.2) is 0 Å². The van der Waals surface area contributed by atoms with Crippen LogP contribution in [0.4, 0.5) is 0 Å². The van der Waals surface area contributed by atoms with E-state index in [9.17, 15) is 0 Å². The van der Waals surface area contributed by atoms with E-state index in [2.05, 4.69) is 24.3 Å². The Bertz CT molecular complexity index is 403. The van der Waals surface area contributed by atoms with Crippen LogP contribution in [0.5, 0.6) is 5.75 Å². The van der Waals surface area contributed by atoms with Crippen molar-refractivity contribution in [3.63, 3.8) is 0 Å². The number of hydrogen-bond donors (Lipinski definition) is 0. The Morgan fingerprint density at radius 2 is 1.87 bits per heavy atom. The van der Waals surface area contributed by atoms with Crippen LogP contribution in [0.3, 0.4) is 0 Å². The van der Waals surface area contributed by atoms with Gasteiger partial charge in [-0.1, -0.05) is 36.4 Å². The third kappa shape index (κ3) is 2.38. The Kier molecular flexibility index (Phi) is 3.03. The third-order valence-electron chi connectivity index (χ3n) is 2.19. The zero-order valence-corrected chi connectivity index (χ0v) is 8.73. The van der Waals surface area contributed by atoms with Gasteiger partial charge in [0.1, 0.15) is 5.75 Å². The van der Waals surface area contributed by atoms with Crippen molar-refractivity contribution in [3.8, 4) is 16.9 Å². The Balaban J connectivity index is 2.24. The number of hydrogen-bond acceptors (Lipinski definition) is 1. The zero-order chi connectivity index (χ0) is 10.5. The summed E-state index contributed by atoms with van der Waals surface area (Å²) in [5, 5.41) is 0. The maximum Gasteiger partial charge on any atom is 0.119 e. The molecule has 0 N–H and O–H groups in total. The zero-order valence-electron chi connectivity index (χ0n) is 8.73. The lowest BCUT2D eigenvalue weighted by Gasteiger charge is -2.04. The lowest BCUT2D eigenvalue weighted by Crippen LogP contribution is -1.90. The quantitative estimate of drug-likeness (QED) is 0.731. The fourth-order valence-corrected chi connectivity index (χ4v) is 1.47. The van der Waals surface area contributed by atoms with Gasteiger partial charge in [-0.25, -0.2) is 0 Å². The van der Waals surface area contributed by atoms with Gasteiger partial charge in [0.2, 0.25) is 0 Å². The molecule has 0 heterocycles. The molecule has 75 valence electrons. The van der Waals surface area contributed by atoms with Crippen LogP contribution in [-0.2, 0) is 0 Å². The van der Waals surface area contributed by atoms with Gasteiger partial charge in [-0.2, -0.15) is 0 Å². The van der Waals surface area contributed by atoms with E-state index in [-0.39, 0.29) is 0 Å². The Morgan fingerprint density at radius 3 is 2.47 bits per heavy atom. The summed E-state index contributed by atoms with van der Waals surface area (Å²) in [5.74, 6) is 0.914. The molecule has 0 saturated carbocycles. The highest BCUT2D eigenvalue weighted by atomic mass is 16.5. The predicted molar refractivity (Wildman–Crippen MR) is 61.9 cm³/mol. The summed E-state index contributed by atoms with van der Waals surface area (Å²) in [7, 11) is 0. The second-order valence-corrected chi connectivity index (χ2v) is 3.23. The van der Waals surface area contributed by atoms with Crippen molar-refractivity contribution >= 4 is 0 Å². The van der Waals surface area contributed by atoms with E-state index in [0.717, 1.165) is 11.3 Å². The van der Waals surface area contributed by atoms with Gasteiger partial charge in [0, 0.05) is 0 Å². The molecule has 1 heteroatoms. The molecule has 1 radical (unpaired) electrons. The molecule has 0 saturated heterocycles. The fourth-order valence-electron chi connectivity index (χ4n) is 1.47. The molecule has 0 atom stereocenters. The van der Waals surface area contributed by atoms with Gasteiger partial charge < -0.3 is 4.74 Å². The number of ether oxygens (including phenoxy) is 1. The molecular weight excluding hydrogens is 184 g/mol. The topological polar surface area (TPSA) is 9.23 Å². The molecule has 0 spiro atoms. The monoisotopic (exact) mass is 197 g/mol. The highest BCUT2D eigenvalue weighted by Gasteiger charge is 1.97. The van der Waals surface area contributed by atoms with Crippen LogP contribution in [0.1, 0.15) is 6.92 Å².